The van der Waals surface area contributed by atoms with Crippen molar-refractivity contribution in [2.45, 2.75) is 52.1 Å². The number of rotatable bonds is 9. The number of halogens is 1. The first-order chi connectivity index (χ1) is 20.8. The van der Waals surface area contributed by atoms with Crippen molar-refractivity contribution < 1.29 is 19.4 Å². The Hall–Kier alpha value is -3.87. The van der Waals surface area contributed by atoms with Gasteiger partial charge in [-0.3, -0.25) is 14.5 Å². The van der Waals surface area contributed by atoms with Crippen molar-refractivity contribution in [2.75, 3.05) is 16.8 Å². The number of ether oxygens (including phenoxy) is 1. The monoisotopic (exact) mass is 596 g/mol. The van der Waals surface area contributed by atoms with E-state index in [0.717, 1.165) is 48.2 Å². The highest BCUT2D eigenvalue weighted by molar-refractivity contribution is 6.32. The number of nitrogens with zero attached hydrogens (tertiary/aromatic N) is 1. The van der Waals surface area contributed by atoms with E-state index in [2.05, 4.69) is 19.2 Å². The summed E-state index contributed by atoms with van der Waals surface area (Å²) in [6.45, 7) is 4.70. The van der Waals surface area contributed by atoms with Gasteiger partial charge in [-0.25, -0.2) is 0 Å². The summed E-state index contributed by atoms with van der Waals surface area (Å²) in [7, 11) is 0. The molecule has 0 unspecified atom stereocenters. The van der Waals surface area contributed by atoms with Gasteiger partial charge < -0.3 is 15.2 Å². The highest BCUT2D eigenvalue weighted by Crippen LogP contribution is 2.51. The van der Waals surface area contributed by atoms with Crippen LogP contribution in [0.5, 0.6) is 5.75 Å². The van der Waals surface area contributed by atoms with Crippen molar-refractivity contribution >= 4 is 46.6 Å². The third kappa shape index (κ3) is 5.86. The minimum Gasteiger partial charge on any atom is -0.508 e. The molecule has 2 aliphatic heterocycles. The van der Waals surface area contributed by atoms with E-state index in [1.165, 1.54) is 16.0 Å². The lowest BCUT2D eigenvalue weighted by Crippen LogP contribution is -2.34. The zero-order chi connectivity index (χ0) is 30.1. The van der Waals surface area contributed by atoms with Crippen LogP contribution in [0.15, 0.2) is 89.5 Å². The molecular formula is C36H37ClN2O4. The van der Waals surface area contributed by atoms with E-state index in [9.17, 15) is 14.7 Å². The third-order valence-corrected chi connectivity index (χ3v) is 9.26. The summed E-state index contributed by atoms with van der Waals surface area (Å²) in [6.07, 6.45) is 6.11. The summed E-state index contributed by atoms with van der Waals surface area (Å²) >= 11 is 6.32. The van der Waals surface area contributed by atoms with Crippen LogP contribution in [0.25, 0.3) is 6.08 Å². The molecule has 6 nitrogen and oxygen atoms in total. The van der Waals surface area contributed by atoms with Gasteiger partial charge in [0.25, 0.3) is 0 Å². The molecule has 6 rings (SSSR count). The molecule has 0 radical (unpaired) electrons. The second-order valence-corrected chi connectivity index (χ2v) is 12.3. The molecule has 0 bridgehead atoms. The van der Waals surface area contributed by atoms with Gasteiger partial charge in [0, 0.05) is 17.3 Å². The van der Waals surface area contributed by atoms with Crippen molar-refractivity contribution in [2.24, 2.45) is 17.8 Å². The Kier molecular flexibility index (Phi) is 8.42. The molecule has 1 aliphatic carbocycles. The first-order valence-electron chi connectivity index (χ1n) is 15.1. The maximum absolute atomic E-state index is 13.9. The Morgan fingerprint density at radius 2 is 1.77 bits per heavy atom. The van der Waals surface area contributed by atoms with Gasteiger partial charge in [0.1, 0.15) is 5.75 Å². The number of allylic oxidation sites excluding steroid dienone is 2. The quantitative estimate of drug-likeness (QED) is 0.192. The van der Waals surface area contributed by atoms with Gasteiger partial charge in [-0.2, -0.15) is 0 Å². The zero-order valence-corrected chi connectivity index (χ0v) is 25.3. The van der Waals surface area contributed by atoms with Crippen molar-refractivity contribution in [1.29, 1.82) is 0 Å². The van der Waals surface area contributed by atoms with E-state index < -0.39 is 0 Å². The normalized spacial score (nSPS) is 23.5. The zero-order valence-electron chi connectivity index (χ0n) is 24.6. The number of para-hydroxylation sites is 1. The highest BCUT2D eigenvalue weighted by atomic mass is 35.5. The Bertz CT molecular complexity index is 1580. The minimum absolute atomic E-state index is 0.0635. The average Bonchev–Trinajstić information content (AvgIpc) is 3.53. The molecule has 0 aromatic heterocycles. The molecule has 0 spiro atoms. The SMILES string of the molecule is CCCC1=C2[C@@H](CC/C(C)=C/c3ccc(O)cc3Cl)OC[C@@H]2[C@@H]2C(=O)N(c3ccc(Nc4ccccc4)cc3)C(=O)[C@@H]2C1. The first kappa shape index (κ1) is 29.2. The Balaban J connectivity index is 1.19. The molecule has 3 aliphatic rings. The predicted molar refractivity (Wildman–Crippen MR) is 171 cm³/mol. The van der Waals surface area contributed by atoms with Gasteiger partial charge in [0.05, 0.1) is 35.3 Å². The lowest BCUT2D eigenvalue weighted by Gasteiger charge is -2.31. The summed E-state index contributed by atoms with van der Waals surface area (Å²) < 4.78 is 6.39. The number of fused-ring (bicyclic) bond motifs is 3. The number of hydrogen-bond donors (Lipinski definition) is 2. The van der Waals surface area contributed by atoms with Gasteiger partial charge in [0.2, 0.25) is 11.8 Å². The molecule has 2 saturated heterocycles. The van der Waals surface area contributed by atoms with Gasteiger partial charge >= 0.3 is 0 Å². The molecule has 2 fully saturated rings. The molecule has 0 saturated carbocycles. The average molecular weight is 597 g/mol. The van der Waals surface area contributed by atoms with Gasteiger partial charge in [-0.1, -0.05) is 60.4 Å². The van der Waals surface area contributed by atoms with E-state index in [1.54, 1.807) is 12.1 Å². The maximum atomic E-state index is 13.9. The molecule has 2 N–H and O–H groups in total. The lowest BCUT2D eigenvalue weighted by molar-refractivity contribution is -0.122. The van der Waals surface area contributed by atoms with Gasteiger partial charge in [0.15, 0.2) is 0 Å². The summed E-state index contributed by atoms with van der Waals surface area (Å²) in [4.78, 5) is 29.1. The molecule has 222 valence electrons. The smallest absolute Gasteiger partial charge is 0.238 e. The fraction of sp³-hybridized carbons (Fsp3) is 0.333. The molecule has 3 aromatic carbocycles. The summed E-state index contributed by atoms with van der Waals surface area (Å²) in [5, 5.41) is 13.5. The molecule has 2 heterocycles. The fourth-order valence-electron chi connectivity index (χ4n) is 6.98. The lowest BCUT2D eigenvalue weighted by atomic mass is 9.68. The molecule has 7 heteroatoms. The maximum Gasteiger partial charge on any atom is 0.238 e. The van der Waals surface area contributed by atoms with Crippen LogP contribution < -0.4 is 10.2 Å². The van der Waals surface area contributed by atoms with E-state index in [1.807, 2.05) is 66.7 Å². The fourth-order valence-corrected chi connectivity index (χ4v) is 7.21. The van der Waals surface area contributed by atoms with Crippen LogP contribution in [0.1, 0.15) is 51.5 Å². The number of benzene rings is 3. The van der Waals surface area contributed by atoms with Crippen LogP contribution in [-0.2, 0) is 14.3 Å². The van der Waals surface area contributed by atoms with E-state index >= 15 is 0 Å². The Labute approximate surface area is 258 Å². The number of carbonyl (C=O) groups excluding carboxylic acids is 2. The van der Waals surface area contributed by atoms with Crippen LogP contribution in [0.2, 0.25) is 5.02 Å². The van der Waals surface area contributed by atoms with Crippen LogP contribution in [0.4, 0.5) is 17.1 Å². The summed E-state index contributed by atoms with van der Waals surface area (Å²) in [5.74, 6) is -0.861. The first-order valence-corrected chi connectivity index (χ1v) is 15.5. The number of phenols is 1. The summed E-state index contributed by atoms with van der Waals surface area (Å²) in [6, 6.07) is 22.4. The Morgan fingerprint density at radius 1 is 1.02 bits per heavy atom. The topological polar surface area (TPSA) is 78.9 Å². The highest BCUT2D eigenvalue weighted by Gasteiger charge is 2.57. The van der Waals surface area contributed by atoms with Crippen molar-refractivity contribution in [3.05, 3.63) is 100 Å². The molecule has 2 amide bonds. The standard InChI is InChI=1S/C36H37ClN2O4/c1-3-7-24-19-29-34(30-21-43-32(33(24)30)17-10-22(2)18-23-11-16-28(40)20-31(23)37)36(42)39(35(29)41)27-14-12-26(13-15-27)38-25-8-5-4-6-9-25/h4-6,8-9,11-16,18,20,29-30,32,34,38,40H,3,7,10,17,19,21H2,1-2H3/b22-18+/t29-,30+,32-,34-/m1/s1. The molecular weight excluding hydrogens is 560 g/mol. The largest absolute Gasteiger partial charge is 0.508 e. The Morgan fingerprint density at radius 3 is 2.49 bits per heavy atom. The van der Waals surface area contributed by atoms with Crippen LogP contribution >= 0.6 is 11.6 Å². The minimum atomic E-state index is -0.386. The molecule has 3 aromatic rings. The second-order valence-electron chi connectivity index (χ2n) is 11.9. The number of aromatic hydroxyl groups is 1. The number of phenolic OH excluding ortho intramolecular Hbond substituents is 1. The van der Waals surface area contributed by atoms with E-state index in [0.29, 0.717) is 23.7 Å². The van der Waals surface area contributed by atoms with Crippen LogP contribution in [0.3, 0.4) is 0 Å². The number of anilines is 3. The number of hydrogen-bond acceptors (Lipinski definition) is 5. The van der Waals surface area contributed by atoms with Crippen molar-refractivity contribution in [3.63, 3.8) is 0 Å². The number of amides is 2. The van der Waals surface area contributed by atoms with Crippen LogP contribution in [-0.4, -0.2) is 29.6 Å². The van der Waals surface area contributed by atoms with Gasteiger partial charge in [-0.15, -0.1) is 0 Å². The van der Waals surface area contributed by atoms with E-state index in [-0.39, 0.29) is 41.4 Å². The number of imide groups is 1. The summed E-state index contributed by atoms with van der Waals surface area (Å²) in [5.41, 5.74) is 7.06. The molecule has 4 atom stereocenters. The molecule has 43 heavy (non-hydrogen) atoms. The van der Waals surface area contributed by atoms with Crippen LogP contribution in [0, 0.1) is 17.8 Å². The third-order valence-electron chi connectivity index (χ3n) is 8.93. The second kappa shape index (κ2) is 12.4. The number of nitrogens with one attached hydrogen (secondary N) is 1. The number of carbonyl (C=O) groups is 2. The van der Waals surface area contributed by atoms with E-state index in [4.69, 9.17) is 16.3 Å². The van der Waals surface area contributed by atoms with Crippen molar-refractivity contribution in [1.82, 2.24) is 0 Å². The van der Waals surface area contributed by atoms with Crippen molar-refractivity contribution in [3.8, 4) is 5.75 Å². The van der Waals surface area contributed by atoms with Gasteiger partial charge in [-0.05, 0) is 98.3 Å². The predicted octanol–water partition coefficient (Wildman–Crippen LogP) is 8.29.